The van der Waals surface area contributed by atoms with Crippen LogP contribution in [0.4, 0.5) is 8.78 Å². The minimum atomic E-state index is -5.13. The summed E-state index contributed by atoms with van der Waals surface area (Å²) < 4.78 is 123. The summed E-state index contributed by atoms with van der Waals surface area (Å²) in [4.78, 5) is 15.5. The highest BCUT2D eigenvalue weighted by atomic mass is 19.3. The van der Waals surface area contributed by atoms with Gasteiger partial charge in [-0.15, -0.1) is 10.2 Å². The summed E-state index contributed by atoms with van der Waals surface area (Å²) in [5, 5.41) is 10.9. The lowest BCUT2D eigenvalue weighted by atomic mass is 9.86. The molecule has 3 atom stereocenters. The van der Waals surface area contributed by atoms with Crippen LogP contribution in [0.25, 0.3) is 0 Å². The smallest absolute Gasteiger partial charge is 0.248 e. The molecule has 202 valence electrons. The van der Waals surface area contributed by atoms with Gasteiger partial charge in [0.2, 0.25) is 11.8 Å². The molecule has 5 rings (SSSR count). The van der Waals surface area contributed by atoms with Crippen LogP contribution >= 0.6 is 0 Å². The molecular weight excluding hydrogens is 472 g/mol. The number of nitrogens with zero attached hydrogens (tertiary/aromatic N) is 4. The first-order valence-corrected chi connectivity index (χ1v) is 12.7. The number of carbonyl (C=O) groups excluding carboxylic acids is 1. The molecule has 2 aromatic rings. The lowest BCUT2D eigenvalue weighted by molar-refractivity contribution is -0.130. The quantitative estimate of drug-likeness (QED) is 0.463. The van der Waals surface area contributed by atoms with E-state index in [4.69, 9.17) is 12.3 Å². The first-order chi connectivity index (χ1) is 21.8. The number of aromatic nitrogens is 3. The van der Waals surface area contributed by atoms with Gasteiger partial charge in [0.05, 0.1) is 6.04 Å². The molecule has 2 saturated heterocycles. The zero-order chi connectivity index (χ0) is 36.0. The van der Waals surface area contributed by atoms with Crippen LogP contribution in [0.5, 0.6) is 0 Å². The normalized spacial score (nSPS) is 37.4. The number of fused-ring (bicyclic) bond motifs is 2. The van der Waals surface area contributed by atoms with Crippen LogP contribution in [0.1, 0.15) is 122 Å². The Morgan fingerprint density at radius 1 is 1.16 bits per heavy atom. The van der Waals surface area contributed by atoms with Gasteiger partial charge >= 0.3 is 0 Å². The zero-order valence-electron chi connectivity index (χ0n) is 32.3. The number of hydrogen-bond donors (Lipinski definition) is 1. The molecule has 1 N–H and O–H groups in total. The van der Waals surface area contributed by atoms with E-state index >= 15 is 8.78 Å². The van der Waals surface area contributed by atoms with Gasteiger partial charge in [0.25, 0.3) is 0 Å². The minimum Gasteiger partial charge on any atom is -0.349 e. The van der Waals surface area contributed by atoms with E-state index in [0.717, 1.165) is 0 Å². The number of carbonyl (C=O) groups is 1. The van der Waals surface area contributed by atoms with Gasteiger partial charge in [-0.1, -0.05) is 44.2 Å². The third-order valence-electron chi connectivity index (χ3n) is 7.39. The van der Waals surface area contributed by atoms with E-state index in [1.165, 1.54) is 0 Å². The number of nitrogens with one attached hydrogen (secondary N) is 1. The Balaban J connectivity index is 1.44. The van der Waals surface area contributed by atoms with E-state index in [0.29, 0.717) is 42.9 Å². The molecule has 0 spiro atoms. The molecule has 6 nitrogen and oxygen atoms in total. The van der Waals surface area contributed by atoms with Crippen molar-refractivity contribution in [2.45, 2.75) is 114 Å². The van der Waals surface area contributed by atoms with E-state index in [1.807, 2.05) is 11.5 Å². The van der Waals surface area contributed by atoms with Crippen LogP contribution in [-0.4, -0.2) is 50.1 Å². The van der Waals surface area contributed by atoms with Crippen LogP contribution in [0.2, 0.25) is 0 Å². The first kappa shape index (κ1) is 15.9. The number of aryl methyl sites for hydroxylation is 1. The Morgan fingerprint density at radius 3 is 2.43 bits per heavy atom. The molecule has 1 aliphatic carbocycles. The topological polar surface area (TPSA) is 63.1 Å². The van der Waals surface area contributed by atoms with E-state index in [-0.39, 0.29) is 18.1 Å². The number of alkyl halides is 2. The van der Waals surface area contributed by atoms with Crippen molar-refractivity contribution in [3.63, 3.8) is 0 Å². The summed E-state index contributed by atoms with van der Waals surface area (Å²) in [5.41, 5.74) is 0.354. The summed E-state index contributed by atoms with van der Waals surface area (Å²) in [6, 6.07) is 6.25. The fourth-order valence-corrected chi connectivity index (χ4v) is 5.68. The van der Waals surface area contributed by atoms with Crippen LogP contribution in [0, 0.1) is 12.8 Å². The van der Waals surface area contributed by atoms with Gasteiger partial charge in [-0.2, -0.15) is 0 Å². The second-order valence-corrected chi connectivity index (χ2v) is 10.2. The molecular formula is C29H41F2N5O. The molecule has 8 heteroatoms. The van der Waals surface area contributed by atoms with Gasteiger partial charge in [0, 0.05) is 64.3 Å². The Morgan fingerprint density at radius 2 is 1.81 bits per heavy atom. The molecule has 37 heavy (non-hydrogen) atoms. The third-order valence-corrected chi connectivity index (χ3v) is 7.39. The van der Waals surface area contributed by atoms with Crippen molar-refractivity contribution in [3.05, 3.63) is 47.5 Å². The van der Waals surface area contributed by atoms with Crippen LogP contribution in [0.3, 0.4) is 0 Å². The summed E-state index contributed by atoms with van der Waals surface area (Å²) in [7, 11) is 0. The minimum absolute atomic E-state index is 0.0762. The third kappa shape index (κ3) is 5.74. The van der Waals surface area contributed by atoms with Crippen molar-refractivity contribution >= 4 is 5.91 Å². The van der Waals surface area contributed by atoms with Crippen molar-refractivity contribution in [2.75, 3.05) is 6.50 Å². The number of benzene rings is 1. The average Bonchev–Trinajstić information content (AvgIpc) is 3.49. The number of rotatable bonds is 8. The fraction of sp³-hybridized carbons (Fsp3) is 0.690. The van der Waals surface area contributed by atoms with E-state index in [1.54, 1.807) is 49.1 Å². The van der Waals surface area contributed by atoms with Crippen molar-refractivity contribution in [2.24, 2.45) is 5.92 Å². The molecule has 1 amide bonds. The summed E-state index contributed by atoms with van der Waals surface area (Å²) in [5.74, 6) is -9.36. The first-order valence-electron chi connectivity index (χ1n) is 18.2. The summed E-state index contributed by atoms with van der Waals surface area (Å²) in [6.45, 7) is 3.18. The molecule has 2 bridgehead atoms. The van der Waals surface area contributed by atoms with Gasteiger partial charge in [-0.25, -0.2) is 8.78 Å². The molecule has 3 aliphatic rings. The van der Waals surface area contributed by atoms with E-state index < -0.39 is 68.1 Å². The van der Waals surface area contributed by atoms with Gasteiger partial charge in [0.1, 0.15) is 11.6 Å². The monoisotopic (exact) mass is 524 g/mol. The lowest BCUT2D eigenvalue weighted by Crippen LogP contribution is -2.45. The number of amides is 1. The van der Waals surface area contributed by atoms with Crippen LogP contribution in [-0.2, 0) is 4.79 Å². The summed E-state index contributed by atoms with van der Waals surface area (Å²) >= 11 is 0. The average molecular weight is 525 g/mol. The number of halogens is 2. The SMILES string of the molecule is [2H]C(C)(C)c1nnc(C)n1C1CC2CCC(C1)N2C([2H])([2H])CC(NC(=O)C1C([2H])([2H])C([2H])([2H])C(F)(F)C([2H])([2H])C1([2H])[2H])c1ccccc1. The highest BCUT2D eigenvalue weighted by molar-refractivity contribution is 5.79. The number of piperidine rings is 1. The Bertz CT molecular complexity index is 1490. The standard InChI is InChI=1S/C29H41F2N5O/c1-19(2)27-34-33-20(3)36(27)25-17-23-9-10-24(18-25)35(23)16-13-26(21-7-5-4-6-8-21)32-28(37)22-11-14-29(30,31)15-12-22/h4-8,19,22-26H,9-18H2,1-3H3,(H,32,37)/i11D2,12D2,14D2,15D2,16D2,19D. The molecule has 1 aromatic heterocycles. The Hall–Kier alpha value is -2.35. The van der Waals surface area contributed by atoms with E-state index in [2.05, 4.69) is 15.5 Å². The van der Waals surface area contributed by atoms with Crippen molar-refractivity contribution in [1.29, 1.82) is 0 Å². The van der Waals surface area contributed by atoms with Crippen molar-refractivity contribution < 1.29 is 28.7 Å². The van der Waals surface area contributed by atoms with E-state index in [9.17, 15) is 7.54 Å². The maximum absolute atomic E-state index is 15.0. The van der Waals surface area contributed by atoms with Gasteiger partial charge < -0.3 is 9.88 Å². The van der Waals surface area contributed by atoms with Gasteiger partial charge in [-0.05, 0) is 57.3 Å². The molecule has 2 aliphatic heterocycles. The predicted molar refractivity (Wildman–Crippen MR) is 139 cm³/mol. The maximum atomic E-state index is 15.0. The Labute approximate surface area is 234 Å². The second kappa shape index (κ2) is 10.8. The second-order valence-electron chi connectivity index (χ2n) is 10.2. The molecule has 3 fully saturated rings. The van der Waals surface area contributed by atoms with Gasteiger partial charge in [0.15, 0.2) is 0 Å². The summed E-state index contributed by atoms with van der Waals surface area (Å²) in [6.07, 6.45) is -14.2. The van der Waals surface area contributed by atoms with Crippen LogP contribution < -0.4 is 5.32 Å². The maximum Gasteiger partial charge on any atom is 0.248 e. The zero-order valence-corrected chi connectivity index (χ0v) is 21.3. The number of hydrogen-bond acceptors (Lipinski definition) is 4. The largest absolute Gasteiger partial charge is 0.349 e. The predicted octanol–water partition coefficient (Wildman–Crippen LogP) is 5.95. The molecule has 1 saturated carbocycles. The molecule has 3 unspecified atom stereocenters. The molecule has 1 aromatic carbocycles. The molecule has 0 radical (unpaired) electrons. The lowest BCUT2D eigenvalue weighted by Gasteiger charge is -2.40. The van der Waals surface area contributed by atoms with Crippen LogP contribution in [0.15, 0.2) is 30.3 Å². The van der Waals surface area contributed by atoms with Crippen molar-refractivity contribution in [3.8, 4) is 0 Å². The molecule has 3 heterocycles. The highest BCUT2D eigenvalue weighted by Crippen LogP contribution is 2.42. The van der Waals surface area contributed by atoms with Gasteiger partial charge in [-0.3, -0.25) is 9.69 Å². The Kier molecular flexibility index (Phi) is 4.64. The fourth-order valence-electron chi connectivity index (χ4n) is 5.68. The highest BCUT2D eigenvalue weighted by Gasteiger charge is 2.42. The van der Waals surface area contributed by atoms with Crippen molar-refractivity contribution in [1.82, 2.24) is 25.0 Å².